The van der Waals surface area contributed by atoms with Crippen molar-refractivity contribution in [1.82, 2.24) is 14.9 Å². The molecule has 3 aromatic rings. The fourth-order valence-corrected chi connectivity index (χ4v) is 3.22. The Morgan fingerprint density at radius 3 is 2.69 bits per heavy atom. The minimum absolute atomic E-state index is 0.164. The number of pyridine rings is 1. The van der Waals surface area contributed by atoms with Gasteiger partial charge in [0.25, 0.3) is 5.91 Å². The molecule has 0 radical (unpaired) electrons. The van der Waals surface area contributed by atoms with E-state index in [4.69, 9.17) is 27.9 Å². The summed E-state index contributed by atoms with van der Waals surface area (Å²) in [5.41, 5.74) is 2.29. The molecule has 3 N–H and O–H groups in total. The second-order valence-electron chi connectivity index (χ2n) is 7.29. The first-order valence-corrected chi connectivity index (χ1v) is 10.7. The highest BCUT2D eigenvalue weighted by molar-refractivity contribution is 6.42. The van der Waals surface area contributed by atoms with Crippen molar-refractivity contribution in [3.05, 3.63) is 70.2 Å². The van der Waals surface area contributed by atoms with Crippen molar-refractivity contribution in [3.63, 3.8) is 0 Å². The number of fused-ring (bicyclic) bond motifs is 1. The van der Waals surface area contributed by atoms with Crippen molar-refractivity contribution < 1.29 is 9.53 Å². The summed E-state index contributed by atoms with van der Waals surface area (Å²) in [5.74, 6) is 0.537. The second kappa shape index (κ2) is 11.0. The molecule has 0 atom stereocenters. The Kier molecular flexibility index (Phi) is 8.16. The Balaban J connectivity index is 1.61. The molecule has 0 aliphatic rings. The fraction of sp³-hybridized carbons (Fsp3) is 0.217. The number of benzene rings is 1. The van der Waals surface area contributed by atoms with Crippen LogP contribution in [-0.4, -0.2) is 55.1 Å². The summed E-state index contributed by atoms with van der Waals surface area (Å²) in [7, 11) is 5.47. The first kappa shape index (κ1) is 23.7. The second-order valence-corrected chi connectivity index (χ2v) is 8.10. The number of ether oxygens (including phenoxy) is 1. The SMILES string of the molecule is CO/C(=C/C=C/c1cc2cc(Cl)c(Cl)cc2[nH]1)C(=O)Nc1ccc(NCCN(C)C)nc1. The van der Waals surface area contributed by atoms with E-state index in [1.807, 2.05) is 32.3 Å². The van der Waals surface area contributed by atoms with Crippen LogP contribution in [-0.2, 0) is 9.53 Å². The molecule has 168 valence electrons. The van der Waals surface area contributed by atoms with Crippen LogP contribution in [0.1, 0.15) is 5.69 Å². The molecule has 32 heavy (non-hydrogen) atoms. The number of amides is 1. The Morgan fingerprint density at radius 1 is 1.22 bits per heavy atom. The van der Waals surface area contributed by atoms with Gasteiger partial charge in [-0.05, 0) is 56.6 Å². The zero-order valence-electron chi connectivity index (χ0n) is 18.1. The van der Waals surface area contributed by atoms with Crippen molar-refractivity contribution in [2.75, 3.05) is 44.9 Å². The number of nitrogens with zero attached hydrogens (tertiary/aromatic N) is 2. The Hall–Kier alpha value is -3.00. The maximum atomic E-state index is 12.5. The third-order valence-corrected chi connectivity index (χ3v) is 5.26. The van der Waals surface area contributed by atoms with E-state index in [1.165, 1.54) is 7.11 Å². The van der Waals surface area contributed by atoms with Gasteiger partial charge in [-0.2, -0.15) is 0 Å². The van der Waals surface area contributed by atoms with Crippen molar-refractivity contribution in [3.8, 4) is 0 Å². The summed E-state index contributed by atoms with van der Waals surface area (Å²) in [4.78, 5) is 22.1. The number of methoxy groups -OCH3 is 1. The molecule has 0 aliphatic heterocycles. The molecule has 0 spiro atoms. The van der Waals surface area contributed by atoms with Crippen LogP contribution in [0, 0.1) is 0 Å². The zero-order chi connectivity index (χ0) is 23.1. The van der Waals surface area contributed by atoms with Crippen LogP contribution < -0.4 is 10.6 Å². The number of carbonyl (C=O) groups is 1. The van der Waals surface area contributed by atoms with Gasteiger partial charge in [0.15, 0.2) is 5.76 Å². The third-order valence-electron chi connectivity index (χ3n) is 4.54. The van der Waals surface area contributed by atoms with Gasteiger partial charge in [-0.1, -0.05) is 29.3 Å². The number of aromatic nitrogens is 2. The van der Waals surface area contributed by atoms with Crippen molar-refractivity contribution >= 4 is 57.6 Å². The average Bonchev–Trinajstić information content (AvgIpc) is 3.13. The summed E-state index contributed by atoms with van der Waals surface area (Å²) in [6.07, 6.45) is 6.73. The summed E-state index contributed by atoms with van der Waals surface area (Å²) >= 11 is 12.1. The van der Waals surface area contributed by atoms with E-state index in [0.29, 0.717) is 15.7 Å². The zero-order valence-corrected chi connectivity index (χ0v) is 19.6. The topological polar surface area (TPSA) is 82.3 Å². The van der Waals surface area contributed by atoms with Gasteiger partial charge < -0.3 is 25.3 Å². The molecule has 1 amide bonds. The number of H-pyrrole nitrogens is 1. The largest absolute Gasteiger partial charge is 0.491 e. The van der Waals surface area contributed by atoms with E-state index in [2.05, 4.69) is 25.5 Å². The first-order chi connectivity index (χ1) is 15.4. The number of rotatable bonds is 9. The van der Waals surface area contributed by atoms with Gasteiger partial charge in [0, 0.05) is 29.7 Å². The van der Waals surface area contributed by atoms with Crippen LogP contribution >= 0.6 is 23.2 Å². The molecule has 7 nitrogen and oxygen atoms in total. The Morgan fingerprint density at radius 2 is 2.00 bits per heavy atom. The molecule has 0 aliphatic carbocycles. The number of aromatic amines is 1. The van der Waals surface area contributed by atoms with Crippen LogP contribution in [0.5, 0.6) is 0 Å². The first-order valence-electron chi connectivity index (χ1n) is 9.92. The molecule has 0 fully saturated rings. The lowest BCUT2D eigenvalue weighted by Gasteiger charge is -2.11. The highest BCUT2D eigenvalue weighted by atomic mass is 35.5. The van der Waals surface area contributed by atoms with Gasteiger partial charge in [-0.15, -0.1) is 0 Å². The number of hydrogen-bond acceptors (Lipinski definition) is 5. The van der Waals surface area contributed by atoms with Gasteiger partial charge in [-0.3, -0.25) is 4.79 Å². The van der Waals surface area contributed by atoms with E-state index in [-0.39, 0.29) is 11.7 Å². The number of carbonyl (C=O) groups excluding carboxylic acids is 1. The molecule has 0 unspecified atom stereocenters. The van der Waals surface area contributed by atoms with Gasteiger partial charge in [0.1, 0.15) is 5.82 Å². The van der Waals surface area contributed by atoms with E-state index >= 15 is 0 Å². The number of allylic oxidation sites excluding steroid dienone is 2. The van der Waals surface area contributed by atoms with E-state index in [9.17, 15) is 4.79 Å². The minimum atomic E-state index is -0.373. The molecule has 0 saturated heterocycles. The van der Waals surface area contributed by atoms with Crippen molar-refractivity contribution in [2.45, 2.75) is 0 Å². The smallest absolute Gasteiger partial charge is 0.290 e. The van der Waals surface area contributed by atoms with Crippen LogP contribution in [0.25, 0.3) is 17.0 Å². The number of hydrogen-bond donors (Lipinski definition) is 3. The number of anilines is 2. The lowest BCUT2D eigenvalue weighted by atomic mass is 10.2. The van der Waals surface area contributed by atoms with Crippen molar-refractivity contribution in [1.29, 1.82) is 0 Å². The Bertz CT molecular complexity index is 1100. The lowest BCUT2D eigenvalue weighted by Crippen LogP contribution is -2.21. The van der Waals surface area contributed by atoms with Gasteiger partial charge >= 0.3 is 0 Å². The van der Waals surface area contributed by atoms with Crippen LogP contribution in [0.4, 0.5) is 11.5 Å². The molecular formula is C23H25Cl2N5O2. The minimum Gasteiger partial charge on any atom is -0.491 e. The molecule has 3 rings (SSSR count). The predicted molar refractivity (Wildman–Crippen MR) is 132 cm³/mol. The maximum absolute atomic E-state index is 12.5. The third kappa shape index (κ3) is 6.50. The van der Waals surface area contributed by atoms with Crippen LogP contribution in [0.3, 0.4) is 0 Å². The highest BCUT2D eigenvalue weighted by Crippen LogP contribution is 2.28. The highest BCUT2D eigenvalue weighted by Gasteiger charge is 2.10. The van der Waals surface area contributed by atoms with Crippen molar-refractivity contribution in [2.24, 2.45) is 0 Å². The molecule has 0 saturated carbocycles. The van der Waals surface area contributed by atoms with Crippen LogP contribution in [0.15, 0.2) is 54.4 Å². The standard InChI is InChI=1S/C23H25Cl2N5O2/c1-30(2)10-9-26-22-8-7-17(14-27-22)29-23(31)21(32-3)6-4-5-16-11-15-12-18(24)19(25)13-20(15)28-16/h4-8,11-14,28H,9-10H2,1-3H3,(H,26,27)(H,29,31)/b5-4+,21-6+. The van der Waals surface area contributed by atoms with E-state index in [0.717, 1.165) is 35.5 Å². The molecule has 0 bridgehead atoms. The molecule has 2 aromatic heterocycles. The molecular weight excluding hydrogens is 449 g/mol. The summed E-state index contributed by atoms with van der Waals surface area (Å²) in [6, 6.07) is 9.11. The number of nitrogens with one attached hydrogen (secondary N) is 3. The lowest BCUT2D eigenvalue weighted by molar-refractivity contribution is -0.115. The van der Waals surface area contributed by atoms with E-state index in [1.54, 1.807) is 36.5 Å². The quantitative estimate of drug-likeness (QED) is 0.230. The summed E-state index contributed by atoms with van der Waals surface area (Å²) in [6.45, 7) is 1.68. The number of likely N-dealkylation sites (N-methyl/N-ethyl adjacent to an activating group) is 1. The normalized spacial score (nSPS) is 12.0. The Labute approximate surface area is 197 Å². The number of halogens is 2. The monoisotopic (exact) mass is 473 g/mol. The summed E-state index contributed by atoms with van der Waals surface area (Å²) < 4.78 is 5.23. The predicted octanol–water partition coefficient (Wildman–Crippen LogP) is 5.03. The van der Waals surface area contributed by atoms with Gasteiger partial charge in [0.05, 0.1) is 29.0 Å². The fourth-order valence-electron chi connectivity index (χ4n) is 2.89. The average molecular weight is 474 g/mol. The van der Waals surface area contributed by atoms with Gasteiger partial charge in [-0.25, -0.2) is 4.98 Å². The molecule has 2 heterocycles. The van der Waals surface area contributed by atoms with Crippen LogP contribution in [0.2, 0.25) is 10.0 Å². The maximum Gasteiger partial charge on any atom is 0.290 e. The van der Waals surface area contributed by atoms with E-state index < -0.39 is 0 Å². The summed E-state index contributed by atoms with van der Waals surface area (Å²) in [5, 5.41) is 7.93. The molecule has 9 heteroatoms. The van der Waals surface area contributed by atoms with Gasteiger partial charge in [0.2, 0.25) is 0 Å². The molecule has 1 aromatic carbocycles.